The minimum atomic E-state index is -0.736. The normalized spacial score (nSPS) is 28.7. The largest absolute Gasteiger partial charge is 0.466 e. The van der Waals surface area contributed by atoms with E-state index in [-0.39, 0.29) is 17.9 Å². The smallest absolute Gasteiger partial charge is 0.310 e. The third kappa shape index (κ3) is 2.28. The van der Waals surface area contributed by atoms with Crippen molar-refractivity contribution in [2.75, 3.05) is 6.61 Å². The van der Waals surface area contributed by atoms with Crippen LogP contribution in [0.1, 0.15) is 20.8 Å². The summed E-state index contributed by atoms with van der Waals surface area (Å²) in [5.41, 5.74) is 0. The number of aliphatic hydroxyl groups is 1. The Morgan fingerprint density at radius 2 is 2.20 bits per heavy atom. The van der Waals surface area contributed by atoms with Gasteiger partial charge in [0.05, 0.1) is 30.6 Å². The average molecular weight is 215 g/mol. The quantitative estimate of drug-likeness (QED) is 0.498. The zero-order valence-electron chi connectivity index (χ0n) is 9.19. The van der Waals surface area contributed by atoms with Gasteiger partial charge >= 0.3 is 5.97 Å². The summed E-state index contributed by atoms with van der Waals surface area (Å²) in [6.45, 7) is 5.30. The molecule has 0 spiro atoms. The molecular weight excluding hydrogens is 198 g/mol. The minimum Gasteiger partial charge on any atom is -0.466 e. The van der Waals surface area contributed by atoms with Gasteiger partial charge in [-0.15, -0.1) is 0 Å². The number of carbonyl (C=O) groups excluding carboxylic acids is 2. The van der Waals surface area contributed by atoms with Crippen molar-refractivity contribution in [3.05, 3.63) is 0 Å². The topological polar surface area (TPSA) is 75.6 Å². The SMILES string of the molecule is CCOC(=O)C(C)[C@H]1NC(=O)[C@@H]1C(C)O. The van der Waals surface area contributed by atoms with Crippen molar-refractivity contribution in [1.82, 2.24) is 5.32 Å². The third-order valence-corrected chi connectivity index (χ3v) is 2.72. The molecule has 1 rings (SSSR count). The molecule has 2 unspecified atom stereocenters. The van der Waals surface area contributed by atoms with Crippen LogP contribution in [-0.4, -0.2) is 35.7 Å². The van der Waals surface area contributed by atoms with Gasteiger partial charge in [0, 0.05) is 0 Å². The summed E-state index contributed by atoms with van der Waals surface area (Å²) in [6.07, 6.45) is -0.736. The minimum absolute atomic E-state index is 0.203. The van der Waals surface area contributed by atoms with E-state index in [0.29, 0.717) is 6.61 Å². The molecule has 4 atom stereocenters. The molecule has 0 aliphatic carbocycles. The average Bonchev–Trinajstić information content (AvgIpc) is 2.12. The number of hydrogen-bond donors (Lipinski definition) is 2. The predicted molar refractivity (Wildman–Crippen MR) is 52.9 cm³/mol. The molecule has 0 radical (unpaired) electrons. The highest BCUT2D eigenvalue weighted by Gasteiger charge is 2.47. The third-order valence-electron chi connectivity index (χ3n) is 2.72. The van der Waals surface area contributed by atoms with Crippen LogP contribution in [0, 0.1) is 11.8 Å². The van der Waals surface area contributed by atoms with Gasteiger partial charge in [-0.05, 0) is 20.8 Å². The van der Waals surface area contributed by atoms with Gasteiger partial charge in [-0.25, -0.2) is 0 Å². The van der Waals surface area contributed by atoms with Gasteiger partial charge in [0.25, 0.3) is 0 Å². The van der Waals surface area contributed by atoms with Crippen molar-refractivity contribution in [1.29, 1.82) is 0 Å². The number of β-lactam (4-membered cyclic amide) rings is 1. The van der Waals surface area contributed by atoms with E-state index in [2.05, 4.69) is 5.32 Å². The molecular formula is C10H17NO4. The lowest BCUT2D eigenvalue weighted by Crippen LogP contribution is -2.65. The Bertz CT molecular complexity index is 264. The molecule has 5 nitrogen and oxygen atoms in total. The van der Waals surface area contributed by atoms with E-state index in [0.717, 1.165) is 0 Å². The maximum atomic E-state index is 11.4. The molecule has 1 aliphatic rings. The molecule has 1 fully saturated rings. The van der Waals surface area contributed by atoms with E-state index in [4.69, 9.17) is 4.74 Å². The van der Waals surface area contributed by atoms with Gasteiger partial charge in [0.1, 0.15) is 0 Å². The zero-order chi connectivity index (χ0) is 11.6. The van der Waals surface area contributed by atoms with Crippen LogP contribution in [0.25, 0.3) is 0 Å². The van der Waals surface area contributed by atoms with Crippen molar-refractivity contribution in [2.24, 2.45) is 11.8 Å². The second-order valence-electron chi connectivity index (χ2n) is 3.84. The van der Waals surface area contributed by atoms with Gasteiger partial charge in [0.15, 0.2) is 0 Å². The number of amides is 1. The van der Waals surface area contributed by atoms with Crippen LogP contribution < -0.4 is 5.32 Å². The number of esters is 1. The first kappa shape index (κ1) is 12.0. The molecule has 0 aromatic heterocycles. The number of carbonyl (C=O) groups is 2. The van der Waals surface area contributed by atoms with Crippen molar-refractivity contribution >= 4 is 11.9 Å². The summed E-state index contributed by atoms with van der Waals surface area (Å²) in [4.78, 5) is 22.5. The first-order valence-corrected chi connectivity index (χ1v) is 5.14. The highest BCUT2D eigenvalue weighted by atomic mass is 16.5. The molecule has 2 N–H and O–H groups in total. The molecule has 5 heteroatoms. The maximum Gasteiger partial charge on any atom is 0.310 e. The van der Waals surface area contributed by atoms with Crippen molar-refractivity contribution in [2.45, 2.75) is 32.9 Å². The second kappa shape index (κ2) is 4.61. The zero-order valence-corrected chi connectivity index (χ0v) is 9.19. The number of hydrogen-bond acceptors (Lipinski definition) is 4. The number of aliphatic hydroxyl groups excluding tert-OH is 1. The predicted octanol–water partition coefficient (Wildman–Crippen LogP) is -0.319. The first-order chi connectivity index (χ1) is 6.99. The molecule has 1 saturated heterocycles. The van der Waals surface area contributed by atoms with Gasteiger partial charge in [-0.3, -0.25) is 9.59 Å². The Balaban J connectivity index is 2.58. The fourth-order valence-corrected chi connectivity index (χ4v) is 1.79. The maximum absolute atomic E-state index is 11.4. The summed E-state index contributed by atoms with van der Waals surface area (Å²) in [5, 5.41) is 12.0. The second-order valence-corrected chi connectivity index (χ2v) is 3.84. The summed E-state index contributed by atoms with van der Waals surface area (Å²) >= 11 is 0. The molecule has 15 heavy (non-hydrogen) atoms. The first-order valence-electron chi connectivity index (χ1n) is 5.14. The van der Waals surface area contributed by atoms with E-state index >= 15 is 0 Å². The van der Waals surface area contributed by atoms with Gasteiger partial charge in [-0.1, -0.05) is 0 Å². The van der Waals surface area contributed by atoms with E-state index in [9.17, 15) is 14.7 Å². The van der Waals surface area contributed by atoms with Crippen LogP contribution in [0.2, 0.25) is 0 Å². The lowest BCUT2D eigenvalue weighted by molar-refractivity contribution is -0.155. The highest BCUT2D eigenvalue weighted by Crippen LogP contribution is 2.26. The number of ether oxygens (including phenoxy) is 1. The van der Waals surface area contributed by atoms with E-state index in [1.54, 1.807) is 20.8 Å². The Hall–Kier alpha value is -1.10. The summed E-state index contributed by atoms with van der Waals surface area (Å²) in [6, 6.07) is -0.309. The lowest BCUT2D eigenvalue weighted by atomic mass is 9.79. The fourth-order valence-electron chi connectivity index (χ4n) is 1.79. The Morgan fingerprint density at radius 3 is 2.60 bits per heavy atom. The highest BCUT2D eigenvalue weighted by molar-refractivity contribution is 5.88. The molecule has 0 aromatic rings. The number of rotatable bonds is 4. The summed E-state index contributed by atoms with van der Waals surface area (Å²) < 4.78 is 4.85. The lowest BCUT2D eigenvalue weighted by Gasteiger charge is -2.41. The fraction of sp³-hybridized carbons (Fsp3) is 0.800. The van der Waals surface area contributed by atoms with Gasteiger partial charge < -0.3 is 15.2 Å². The van der Waals surface area contributed by atoms with Crippen LogP contribution in [0.5, 0.6) is 0 Å². The molecule has 1 aliphatic heterocycles. The molecule has 0 saturated carbocycles. The molecule has 86 valence electrons. The monoisotopic (exact) mass is 215 g/mol. The van der Waals surface area contributed by atoms with Crippen molar-refractivity contribution < 1.29 is 19.4 Å². The molecule has 1 heterocycles. The number of nitrogens with one attached hydrogen (secondary N) is 1. The molecule has 1 amide bonds. The summed E-state index contributed by atoms with van der Waals surface area (Å²) in [5.74, 6) is -1.45. The van der Waals surface area contributed by atoms with E-state index in [1.165, 1.54) is 0 Å². The van der Waals surface area contributed by atoms with Crippen LogP contribution in [0.15, 0.2) is 0 Å². The van der Waals surface area contributed by atoms with Crippen LogP contribution in [0.3, 0.4) is 0 Å². The molecule has 0 aromatic carbocycles. The standard InChI is InChI=1S/C10H17NO4/c1-4-15-10(14)5(2)8-7(6(3)12)9(13)11-8/h5-8,12H,4H2,1-3H3,(H,11,13)/t5?,6?,7-,8-/m1/s1. The Morgan fingerprint density at radius 1 is 1.60 bits per heavy atom. The Kier molecular flexibility index (Phi) is 3.68. The summed E-state index contributed by atoms with van der Waals surface area (Å²) in [7, 11) is 0. The van der Waals surface area contributed by atoms with E-state index < -0.39 is 17.9 Å². The van der Waals surface area contributed by atoms with Crippen LogP contribution in [0.4, 0.5) is 0 Å². The van der Waals surface area contributed by atoms with Crippen LogP contribution >= 0.6 is 0 Å². The van der Waals surface area contributed by atoms with Crippen molar-refractivity contribution in [3.63, 3.8) is 0 Å². The molecule has 0 bridgehead atoms. The Labute approximate surface area is 88.8 Å². The van der Waals surface area contributed by atoms with Gasteiger partial charge in [0.2, 0.25) is 5.91 Å². The van der Waals surface area contributed by atoms with Gasteiger partial charge in [-0.2, -0.15) is 0 Å². The van der Waals surface area contributed by atoms with Crippen LogP contribution in [-0.2, 0) is 14.3 Å². The van der Waals surface area contributed by atoms with E-state index in [1.807, 2.05) is 0 Å². The van der Waals surface area contributed by atoms with Crippen molar-refractivity contribution in [3.8, 4) is 0 Å².